The molecule has 0 aromatic heterocycles. The van der Waals surface area contributed by atoms with Crippen molar-refractivity contribution in [2.45, 2.75) is 38.1 Å². The molecule has 0 aromatic carbocycles. The monoisotopic (exact) mass is 275 g/mol. The van der Waals surface area contributed by atoms with E-state index in [1.807, 2.05) is 0 Å². The maximum absolute atomic E-state index is 12.0. The van der Waals surface area contributed by atoms with Gasteiger partial charge in [0.25, 0.3) is 0 Å². The van der Waals surface area contributed by atoms with E-state index in [4.69, 9.17) is 5.73 Å². The van der Waals surface area contributed by atoms with Crippen LogP contribution in [0.3, 0.4) is 0 Å². The Balaban J connectivity index is 0.00000162. The summed E-state index contributed by atoms with van der Waals surface area (Å²) in [5, 5.41) is 5.76. The fourth-order valence-corrected chi connectivity index (χ4v) is 2.77. The topological polar surface area (TPSA) is 84.2 Å². The molecule has 5 nitrogen and oxygen atoms in total. The van der Waals surface area contributed by atoms with Gasteiger partial charge in [-0.2, -0.15) is 0 Å². The van der Waals surface area contributed by atoms with E-state index in [0.29, 0.717) is 25.4 Å². The summed E-state index contributed by atoms with van der Waals surface area (Å²) in [5.41, 5.74) is 5.73. The van der Waals surface area contributed by atoms with Crippen molar-refractivity contribution in [3.05, 3.63) is 0 Å². The SMILES string of the molecule is Cl.NCC1CCCCC1NC(=O)C1CNC(=O)C1. The van der Waals surface area contributed by atoms with Gasteiger partial charge in [0.15, 0.2) is 0 Å². The summed E-state index contributed by atoms with van der Waals surface area (Å²) in [5.74, 6) is 0.193. The van der Waals surface area contributed by atoms with Gasteiger partial charge in [0.1, 0.15) is 0 Å². The molecule has 1 heterocycles. The molecule has 3 unspecified atom stereocenters. The average molecular weight is 276 g/mol. The van der Waals surface area contributed by atoms with E-state index in [0.717, 1.165) is 19.3 Å². The zero-order valence-electron chi connectivity index (χ0n) is 10.5. The Hall–Kier alpha value is -0.810. The van der Waals surface area contributed by atoms with Gasteiger partial charge in [-0.3, -0.25) is 9.59 Å². The summed E-state index contributed by atoms with van der Waals surface area (Å²) in [4.78, 5) is 23.0. The first-order valence-corrected chi connectivity index (χ1v) is 6.48. The number of carbonyl (C=O) groups excluding carboxylic acids is 2. The van der Waals surface area contributed by atoms with Crippen LogP contribution in [0.4, 0.5) is 0 Å². The van der Waals surface area contributed by atoms with Crippen molar-refractivity contribution < 1.29 is 9.59 Å². The smallest absolute Gasteiger partial charge is 0.225 e. The highest BCUT2D eigenvalue weighted by molar-refractivity contribution is 5.89. The molecule has 4 N–H and O–H groups in total. The molecule has 1 aliphatic carbocycles. The largest absolute Gasteiger partial charge is 0.355 e. The lowest BCUT2D eigenvalue weighted by molar-refractivity contribution is -0.127. The van der Waals surface area contributed by atoms with Crippen LogP contribution in [0.15, 0.2) is 0 Å². The summed E-state index contributed by atoms with van der Waals surface area (Å²) in [6, 6.07) is 0.206. The summed E-state index contributed by atoms with van der Waals surface area (Å²) >= 11 is 0. The Labute approximate surface area is 114 Å². The van der Waals surface area contributed by atoms with Crippen LogP contribution in [0.5, 0.6) is 0 Å². The first-order chi connectivity index (χ1) is 8.20. The molecule has 2 amide bonds. The second-order valence-electron chi connectivity index (χ2n) is 5.10. The van der Waals surface area contributed by atoms with Crippen LogP contribution in [0, 0.1) is 11.8 Å². The molecular weight excluding hydrogens is 254 g/mol. The van der Waals surface area contributed by atoms with E-state index in [-0.39, 0.29) is 36.2 Å². The molecule has 6 heteroatoms. The maximum Gasteiger partial charge on any atom is 0.225 e. The van der Waals surface area contributed by atoms with Crippen molar-refractivity contribution in [3.8, 4) is 0 Å². The molecule has 104 valence electrons. The number of hydrogen-bond acceptors (Lipinski definition) is 3. The van der Waals surface area contributed by atoms with Crippen molar-refractivity contribution in [1.82, 2.24) is 10.6 Å². The number of nitrogens with two attached hydrogens (primary N) is 1. The quantitative estimate of drug-likeness (QED) is 0.687. The summed E-state index contributed by atoms with van der Waals surface area (Å²) in [6.45, 7) is 1.11. The van der Waals surface area contributed by atoms with Gasteiger partial charge in [0, 0.05) is 19.0 Å². The van der Waals surface area contributed by atoms with Gasteiger partial charge in [0.2, 0.25) is 11.8 Å². The highest BCUT2D eigenvalue weighted by atomic mass is 35.5. The van der Waals surface area contributed by atoms with E-state index in [1.54, 1.807) is 0 Å². The molecule has 1 saturated carbocycles. The third kappa shape index (κ3) is 3.59. The molecular formula is C12H22ClN3O2. The minimum absolute atomic E-state index is 0. The standard InChI is InChI=1S/C12H21N3O2.ClH/c13-6-8-3-1-2-4-10(8)15-12(17)9-5-11(16)14-7-9;/h8-10H,1-7,13H2,(H,14,16)(H,15,17);1H. The zero-order chi connectivity index (χ0) is 12.3. The van der Waals surface area contributed by atoms with E-state index in [1.165, 1.54) is 6.42 Å². The fourth-order valence-electron chi connectivity index (χ4n) is 2.77. The zero-order valence-corrected chi connectivity index (χ0v) is 11.3. The normalized spacial score (nSPS) is 31.4. The molecule has 2 rings (SSSR count). The second-order valence-corrected chi connectivity index (χ2v) is 5.10. The molecule has 0 bridgehead atoms. The van der Waals surface area contributed by atoms with E-state index < -0.39 is 0 Å². The summed E-state index contributed by atoms with van der Waals surface area (Å²) in [6.07, 6.45) is 4.80. The fraction of sp³-hybridized carbons (Fsp3) is 0.833. The van der Waals surface area contributed by atoms with Gasteiger partial charge >= 0.3 is 0 Å². The van der Waals surface area contributed by atoms with Crippen LogP contribution < -0.4 is 16.4 Å². The Kier molecular flexibility index (Phi) is 5.88. The first-order valence-electron chi connectivity index (χ1n) is 6.48. The van der Waals surface area contributed by atoms with Crippen molar-refractivity contribution in [2.24, 2.45) is 17.6 Å². The molecule has 3 atom stereocenters. The molecule has 0 spiro atoms. The van der Waals surface area contributed by atoms with Crippen LogP contribution >= 0.6 is 12.4 Å². The number of nitrogens with one attached hydrogen (secondary N) is 2. The van der Waals surface area contributed by atoms with Crippen LogP contribution in [0.25, 0.3) is 0 Å². The van der Waals surface area contributed by atoms with Gasteiger partial charge in [-0.05, 0) is 25.3 Å². The van der Waals surface area contributed by atoms with Gasteiger partial charge in [-0.1, -0.05) is 12.8 Å². The summed E-state index contributed by atoms with van der Waals surface area (Å²) < 4.78 is 0. The third-order valence-corrected chi connectivity index (χ3v) is 3.89. The van der Waals surface area contributed by atoms with Gasteiger partial charge in [0.05, 0.1) is 5.92 Å². The number of hydrogen-bond donors (Lipinski definition) is 3. The lowest BCUT2D eigenvalue weighted by Crippen LogP contribution is -2.47. The Morgan fingerprint density at radius 3 is 2.72 bits per heavy atom. The first kappa shape index (κ1) is 15.2. The molecule has 0 aromatic rings. The van der Waals surface area contributed by atoms with Gasteiger partial charge in [-0.25, -0.2) is 0 Å². The molecule has 2 aliphatic rings. The lowest BCUT2D eigenvalue weighted by Gasteiger charge is -2.31. The van der Waals surface area contributed by atoms with E-state index in [2.05, 4.69) is 10.6 Å². The van der Waals surface area contributed by atoms with Crippen LogP contribution in [-0.4, -0.2) is 30.9 Å². The van der Waals surface area contributed by atoms with Gasteiger partial charge in [-0.15, -0.1) is 12.4 Å². The van der Waals surface area contributed by atoms with E-state index in [9.17, 15) is 9.59 Å². The maximum atomic E-state index is 12.0. The highest BCUT2D eigenvalue weighted by Gasteiger charge is 2.31. The molecule has 1 aliphatic heterocycles. The minimum Gasteiger partial charge on any atom is -0.355 e. The number of amides is 2. The van der Waals surface area contributed by atoms with Crippen LogP contribution in [-0.2, 0) is 9.59 Å². The lowest BCUT2D eigenvalue weighted by atomic mass is 9.84. The highest BCUT2D eigenvalue weighted by Crippen LogP contribution is 2.24. The van der Waals surface area contributed by atoms with Crippen molar-refractivity contribution >= 4 is 24.2 Å². The number of rotatable bonds is 3. The summed E-state index contributed by atoms with van der Waals surface area (Å²) in [7, 11) is 0. The van der Waals surface area contributed by atoms with Crippen LogP contribution in [0.1, 0.15) is 32.1 Å². The van der Waals surface area contributed by atoms with Crippen LogP contribution in [0.2, 0.25) is 0 Å². The second kappa shape index (κ2) is 6.95. The average Bonchev–Trinajstić information content (AvgIpc) is 2.77. The molecule has 0 radical (unpaired) electrons. The van der Waals surface area contributed by atoms with Crippen molar-refractivity contribution in [1.29, 1.82) is 0 Å². The minimum atomic E-state index is -0.192. The predicted molar refractivity (Wildman–Crippen MR) is 71.3 cm³/mol. The Morgan fingerprint density at radius 1 is 1.39 bits per heavy atom. The predicted octanol–water partition coefficient (Wildman–Crippen LogP) is 0.178. The van der Waals surface area contributed by atoms with Gasteiger partial charge < -0.3 is 16.4 Å². The van der Waals surface area contributed by atoms with Crippen molar-refractivity contribution in [2.75, 3.05) is 13.1 Å². The number of carbonyl (C=O) groups is 2. The van der Waals surface area contributed by atoms with Crippen molar-refractivity contribution in [3.63, 3.8) is 0 Å². The van der Waals surface area contributed by atoms with E-state index >= 15 is 0 Å². The molecule has 2 fully saturated rings. The Morgan fingerprint density at radius 2 is 2.11 bits per heavy atom. The number of halogens is 1. The Bertz CT molecular complexity index is 312. The molecule has 1 saturated heterocycles. The third-order valence-electron chi connectivity index (χ3n) is 3.89. The molecule has 18 heavy (non-hydrogen) atoms.